The number of benzene rings is 1. The predicted octanol–water partition coefficient (Wildman–Crippen LogP) is 2.98. The Bertz CT molecular complexity index is 680. The molecule has 0 radical (unpaired) electrons. The van der Waals surface area contributed by atoms with E-state index < -0.39 is 6.09 Å². The van der Waals surface area contributed by atoms with Gasteiger partial charge in [-0.2, -0.15) is 0 Å². The third-order valence-corrected chi connectivity index (χ3v) is 2.85. The predicted molar refractivity (Wildman–Crippen MR) is 85.2 cm³/mol. The average Bonchev–Trinajstić information content (AvgIpc) is 2.50. The van der Waals surface area contributed by atoms with Gasteiger partial charge in [-0.15, -0.1) is 0 Å². The van der Waals surface area contributed by atoms with E-state index in [1.54, 1.807) is 0 Å². The van der Waals surface area contributed by atoms with E-state index in [1.807, 2.05) is 56.3 Å². The van der Waals surface area contributed by atoms with E-state index in [1.165, 1.54) is 0 Å². The fourth-order valence-corrected chi connectivity index (χ4v) is 1.94. The SMILES string of the molecule is Cc1cc(C#CCNC(=O)OCc2ccccc2)cc(C)n1. The summed E-state index contributed by atoms with van der Waals surface area (Å²) in [4.78, 5) is 15.8. The first kappa shape index (κ1) is 15.6. The Balaban J connectivity index is 1.76. The van der Waals surface area contributed by atoms with Crippen LogP contribution in [-0.4, -0.2) is 17.6 Å². The van der Waals surface area contributed by atoms with Crippen LogP contribution in [0.4, 0.5) is 4.79 Å². The molecule has 112 valence electrons. The van der Waals surface area contributed by atoms with Gasteiger partial charge in [0.25, 0.3) is 0 Å². The zero-order valence-electron chi connectivity index (χ0n) is 12.7. The van der Waals surface area contributed by atoms with Gasteiger partial charge in [0.05, 0.1) is 6.54 Å². The summed E-state index contributed by atoms with van der Waals surface area (Å²) in [6, 6.07) is 13.4. The molecule has 0 aliphatic heterocycles. The number of aromatic nitrogens is 1. The average molecular weight is 294 g/mol. The Morgan fingerprint density at radius 3 is 2.55 bits per heavy atom. The highest BCUT2D eigenvalue weighted by Crippen LogP contribution is 2.03. The van der Waals surface area contributed by atoms with Gasteiger partial charge in [0, 0.05) is 17.0 Å². The fraction of sp³-hybridized carbons (Fsp3) is 0.222. The molecule has 1 heterocycles. The van der Waals surface area contributed by atoms with E-state index in [0.717, 1.165) is 22.5 Å². The van der Waals surface area contributed by atoms with E-state index in [9.17, 15) is 4.79 Å². The van der Waals surface area contributed by atoms with E-state index in [4.69, 9.17) is 4.74 Å². The zero-order valence-corrected chi connectivity index (χ0v) is 12.7. The van der Waals surface area contributed by atoms with Crippen molar-refractivity contribution < 1.29 is 9.53 Å². The number of pyridine rings is 1. The molecule has 2 rings (SSSR count). The van der Waals surface area contributed by atoms with Crippen LogP contribution in [-0.2, 0) is 11.3 Å². The van der Waals surface area contributed by atoms with Crippen LogP contribution in [0, 0.1) is 25.7 Å². The third kappa shape index (κ3) is 5.29. The lowest BCUT2D eigenvalue weighted by molar-refractivity contribution is 0.141. The van der Waals surface area contributed by atoms with Gasteiger partial charge in [-0.25, -0.2) is 4.79 Å². The van der Waals surface area contributed by atoms with Crippen LogP contribution < -0.4 is 5.32 Å². The molecule has 0 aliphatic carbocycles. The lowest BCUT2D eigenvalue weighted by Gasteiger charge is -2.04. The van der Waals surface area contributed by atoms with Crippen molar-refractivity contribution in [3.05, 3.63) is 65.0 Å². The second-order valence-electron chi connectivity index (χ2n) is 4.86. The van der Waals surface area contributed by atoms with Gasteiger partial charge in [0.2, 0.25) is 0 Å². The molecule has 1 N–H and O–H groups in total. The largest absolute Gasteiger partial charge is 0.445 e. The van der Waals surface area contributed by atoms with Gasteiger partial charge in [-0.1, -0.05) is 42.2 Å². The van der Waals surface area contributed by atoms with Crippen LogP contribution in [0.5, 0.6) is 0 Å². The third-order valence-electron chi connectivity index (χ3n) is 2.85. The van der Waals surface area contributed by atoms with Crippen LogP contribution in [0.3, 0.4) is 0 Å². The summed E-state index contributed by atoms with van der Waals surface area (Å²) in [5.41, 5.74) is 3.70. The summed E-state index contributed by atoms with van der Waals surface area (Å²) in [5, 5.41) is 2.60. The Hall–Kier alpha value is -2.80. The highest BCUT2D eigenvalue weighted by atomic mass is 16.5. The molecule has 1 aromatic carbocycles. The van der Waals surface area contributed by atoms with E-state index in [-0.39, 0.29) is 13.2 Å². The molecule has 0 spiro atoms. The number of nitrogens with zero attached hydrogens (tertiary/aromatic N) is 1. The number of rotatable bonds is 3. The molecule has 2 aromatic rings. The molecule has 0 atom stereocenters. The van der Waals surface area contributed by atoms with Crippen molar-refractivity contribution in [3.63, 3.8) is 0 Å². The van der Waals surface area contributed by atoms with Crippen molar-refractivity contribution >= 4 is 6.09 Å². The minimum atomic E-state index is -0.472. The number of aryl methyl sites for hydroxylation is 2. The normalized spacial score (nSPS) is 9.55. The lowest BCUT2D eigenvalue weighted by atomic mass is 10.2. The number of hydrogen-bond acceptors (Lipinski definition) is 3. The van der Waals surface area contributed by atoms with Crippen molar-refractivity contribution in [1.29, 1.82) is 0 Å². The number of carbonyl (C=O) groups is 1. The maximum Gasteiger partial charge on any atom is 0.408 e. The molecule has 0 fully saturated rings. The molecule has 1 aromatic heterocycles. The Morgan fingerprint density at radius 2 is 1.86 bits per heavy atom. The number of alkyl carbamates (subject to hydrolysis) is 1. The van der Waals surface area contributed by atoms with Crippen molar-refractivity contribution in [2.24, 2.45) is 0 Å². The summed E-state index contributed by atoms with van der Waals surface area (Å²) in [5.74, 6) is 5.89. The molecule has 0 bridgehead atoms. The smallest absolute Gasteiger partial charge is 0.408 e. The molecule has 0 saturated heterocycles. The van der Waals surface area contributed by atoms with Gasteiger partial charge >= 0.3 is 6.09 Å². The van der Waals surface area contributed by atoms with Crippen LogP contribution in [0.25, 0.3) is 0 Å². The van der Waals surface area contributed by atoms with Crippen LogP contribution in [0.2, 0.25) is 0 Å². The molecular weight excluding hydrogens is 276 g/mol. The molecule has 0 unspecified atom stereocenters. The summed E-state index contributed by atoms with van der Waals surface area (Å²) >= 11 is 0. The second-order valence-corrected chi connectivity index (χ2v) is 4.86. The summed E-state index contributed by atoms with van der Waals surface area (Å²) in [6.07, 6.45) is -0.472. The summed E-state index contributed by atoms with van der Waals surface area (Å²) in [6.45, 7) is 4.35. The first-order chi connectivity index (χ1) is 10.6. The Kier molecular flexibility index (Phi) is 5.56. The Morgan fingerprint density at radius 1 is 1.18 bits per heavy atom. The van der Waals surface area contributed by atoms with E-state index in [2.05, 4.69) is 22.1 Å². The first-order valence-corrected chi connectivity index (χ1v) is 7.02. The topological polar surface area (TPSA) is 51.2 Å². The lowest BCUT2D eigenvalue weighted by Crippen LogP contribution is -2.24. The molecule has 4 heteroatoms. The number of ether oxygens (including phenoxy) is 1. The van der Waals surface area contributed by atoms with Crippen molar-refractivity contribution in [3.8, 4) is 11.8 Å². The highest BCUT2D eigenvalue weighted by Gasteiger charge is 2.00. The minimum Gasteiger partial charge on any atom is -0.445 e. The second kappa shape index (κ2) is 7.84. The molecule has 0 aliphatic rings. The monoisotopic (exact) mass is 294 g/mol. The molecule has 1 amide bonds. The van der Waals surface area contributed by atoms with Crippen molar-refractivity contribution in [2.75, 3.05) is 6.54 Å². The highest BCUT2D eigenvalue weighted by molar-refractivity contribution is 5.67. The Labute approximate surface area is 130 Å². The van der Waals surface area contributed by atoms with Gasteiger partial charge in [0.1, 0.15) is 6.61 Å². The first-order valence-electron chi connectivity index (χ1n) is 7.02. The minimum absolute atomic E-state index is 0.244. The molecule has 22 heavy (non-hydrogen) atoms. The van der Waals surface area contributed by atoms with E-state index >= 15 is 0 Å². The van der Waals surface area contributed by atoms with E-state index in [0.29, 0.717) is 0 Å². The molecule has 0 saturated carbocycles. The standard InChI is InChI=1S/C18H18N2O2/c1-14-11-17(12-15(2)20-14)9-6-10-19-18(21)22-13-16-7-4-3-5-8-16/h3-5,7-8,11-12H,10,13H2,1-2H3,(H,19,21). The van der Waals surface area contributed by atoms with Crippen molar-refractivity contribution in [2.45, 2.75) is 20.5 Å². The summed E-state index contributed by atoms with van der Waals surface area (Å²) < 4.78 is 5.09. The molecular formula is C18H18N2O2. The quantitative estimate of drug-likeness (QED) is 0.885. The maximum atomic E-state index is 11.5. The van der Waals surface area contributed by atoms with Gasteiger partial charge in [-0.3, -0.25) is 4.98 Å². The van der Waals surface area contributed by atoms with Crippen molar-refractivity contribution in [1.82, 2.24) is 10.3 Å². The molecule has 4 nitrogen and oxygen atoms in total. The van der Waals surface area contributed by atoms with Gasteiger partial charge in [-0.05, 0) is 31.5 Å². The van der Waals surface area contributed by atoms with Crippen LogP contribution in [0.1, 0.15) is 22.5 Å². The number of hydrogen-bond donors (Lipinski definition) is 1. The number of nitrogens with one attached hydrogen (secondary N) is 1. The number of amides is 1. The van der Waals surface area contributed by atoms with Gasteiger partial charge < -0.3 is 10.1 Å². The van der Waals surface area contributed by atoms with Crippen LogP contribution in [0.15, 0.2) is 42.5 Å². The summed E-state index contributed by atoms with van der Waals surface area (Å²) in [7, 11) is 0. The fourth-order valence-electron chi connectivity index (χ4n) is 1.94. The van der Waals surface area contributed by atoms with Gasteiger partial charge in [0.15, 0.2) is 0 Å². The van der Waals surface area contributed by atoms with Crippen LogP contribution >= 0.6 is 0 Å². The maximum absolute atomic E-state index is 11.5. The number of carbonyl (C=O) groups excluding carboxylic acids is 1. The zero-order chi connectivity index (χ0) is 15.8.